The highest BCUT2D eigenvalue weighted by molar-refractivity contribution is 8.01. The van der Waals surface area contributed by atoms with Gasteiger partial charge in [-0.2, -0.15) is 10.4 Å². The van der Waals surface area contributed by atoms with Crippen molar-refractivity contribution in [1.29, 1.82) is 5.26 Å². The SMILES string of the molecule is CC(SCC(=O)Nc1ccc(F)cc1)C(=O)NCCCc1nn(-c2ccccc2)c(N)c1C#N. The molecule has 1 heterocycles. The Morgan fingerprint density at radius 1 is 1.21 bits per heavy atom. The van der Waals surface area contributed by atoms with Crippen molar-refractivity contribution in [3.63, 3.8) is 0 Å². The molecule has 176 valence electrons. The largest absolute Gasteiger partial charge is 0.382 e. The highest BCUT2D eigenvalue weighted by Gasteiger charge is 2.17. The number of halogens is 1. The number of carbonyl (C=O) groups excluding carboxylic acids is 2. The second-order valence-electron chi connectivity index (χ2n) is 7.47. The third-order valence-corrected chi connectivity index (χ3v) is 6.10. The van der Waals surface area contributed by atoms with Crippen molar-refractivity contribution in [3.05, 3.63) is 71.7 Å². The molecule has 4 N–H and O–H groups in total. The minimum atomic E-state index is -0.429. The molecule has 0 fully saturated rings. The van der Waals surface area contributed by atoms with E-state index >= 15 is 0 Å². The molecule has 0 saturated heterocycles. The Labute approximate surface area is 201 Å². The van der Waals surface area contributed by atoms with Gasteiger partial charge in [-0.15, -0.1) is 11.8 Å². The lowest BCUT2D eigenvalue weighted by molar-refractivity contribution is -0.120. The van der Waals surface area contributed by atoms with Crippen LogP contribution in [0.25, 0.3) is 5.69 Å². The van der Waals surface area contributed by atoms with Crippen molar-refractivity contribution in [2.45, 2.75) is 25.0 Å². The number of thioether (sulfide) groups is 1. The van der Waals surface area contributed by atoms with Gasteiger partial charge in [-0.25, -0.2) is 9.07 Å². The molecule has 2 aromatic carbocycles. The van der Waals surface area contributed by atoms with Crippen molar-refractivity contribution in [1.82, 2.24) is 15.1 Å². The molecule has 0 radical (unpaired) electrons. The van der Waals surface area contributed by atoms with Gasteiger partial charge in [0.15, 0.2) is 0 Å². The fourth-order valence-corrected chi connectivity index (χ4v) is 3.87. The van der Waals surface area contributed by atoms with Gasteiger partial charge in [0.25, 0.3) is 0 Å². The maximum absolute atomic E-state index is 12.9. The Balaban J connectivity index is 1.43. The number of carbonyl (C=O) groups is 2. The molecule has 3 rings (SSSR count). The molecule has 8 nitrogen and oxygen atoms in total. The van der Waals surface area contributed by atoms with Crippen molar-refractivity contribution in [2.24, 2.45) is 0 Å². The van der Waals surface area contributed by atoms with Crippen LogP contribution in [0, 0.1) is 17.1 Å². The molecule has 0 bridgehead atoms. The Bertz CT molecular complexity index is 1170. The second-order valence-corrected chi connectivity index (χ2v) is 8.80. The van der Waals surface area contributed by atoms with Crippen LogP contribution in [0.5, 0.6) is 0 Å². The zero-order valence-electron chi connectivity index (χ0n) is 18.6. The maximum Gasteiger partial charge on any atom is 0.234 e. The first-order valence-electron chi connectivity index (χ1n) is 10.7. The third-order valence-electron chi connectivity index (χ3n) is 4.96. The van der Waals surface area contributed by atoms with E-state index in [0.29, 0.717) is 36.3 Å². The number of nitrogens with zero attached hydrogens (tertiary/aromatic N) is 3. The summed E-state index contributed by atoms with van der Waals surface area (Å²) in [6, 6.07) is 16.9. The monoisotopic (exact) mass is 480 g/mol. The maximum atomic E-state index is 12.9. The first-order valence-corrected chi connectivity index (χ1v) is 11.7. The fraction of sp³-hybridized carbons (Fsp3) is 0.250. The number of nitrogens with one attached hydrogen (secondary N) is 2. The summed E-state index contributed by atoms with van der Waals surface area (Å²) in [6.45, 7) is 2.12. The molecule has 1 unspecified atom stereocenters. The van der Waals surface area contributed by atoms with E-state index in [9.17, 15) is 19.2 Å². The highest BCUT2D eigenvalue weighted by Crippen LogP contribution is 2.21. The lowest BCUT2D eigenvalue weighted by Gasteiger charge is -2.12. The molecule has 1 atom stereocenters. The lowest BCUT2D eigenvalue weighted by atomic mass is 10.1. The van der Waals surface area contributed by atoms with E-state index in [1.807, 2.05) is 30.3 Å². The molecular weight excluding hydrogens is 455 g/mol. The summed E-state index contributed by atoms with van der Waals surface area (Å²) in [7, 11) is 0. The topological polar surface area (TPSA) is 126 Å². The Kier molecular flexibility index (Phi) is 8.65. The molecular formula is C24H25FN6O2S. The summed E-state index contributed by atoms with van der Waals surface area (Å²) >= 11 is 1.20. The molecule has 10 heteroatoms. The highest BCUT2D eigenvalue weighted by atomic mass is 32.2. The number of amides is 2. The van der Waals surface area contributed by atoms with E-state index in [1.165, 1.54) is 36.0 Å². The van der Waals surface area contributed by atoms with E-state index in [2.05, 4.69) is 21.8 Å². The number of hydrogen-bond donors (Lipinski definition) is 3. The van der Waals surface area contributed by atoms with Crippen molar-refractivity contribution in [3.8, 4) is 11.8 Å². The third kappa shape index (κ3) is 6.59. The predicted molar refractivity (Wildman–Crippen MR) is 131 cm³/mol. The number of rotatable bonds is 10. The van der Waals surface area contributed by atoms with E-state index in [-0.39, 0.29) is 29.2 Å². The van der Waals surface area contributed by atoms with Crippen molar-refractivity contribution in [2.75, 3.05) is 23.3 Å². The second kappa shape index (κ2) is 11.9. The summed E-state index contributed by atoms with van der Waals surface area (Å²) in [4.78, 5) is 24.4. The first-order chi connectivity index (χ1) is 16.4. The number of benzene rings is 2. The first kappa shape index (κ1) is 24.8. The number of nitriles is 1. The summed E-state index contributed by atoms with van der Waals surface area (Å²) in [6.07, 6.45) is 1.06. The van der Waals surface area contributed by atoms with Crippen LogP contribution in [0.1, 0.15) is 24.6 Å². The molecule has 0 aliphatic carbocycles. The quantitative estimate of drug-likeness (QED) is 0.383. The summed E-state index contributed by atoms with van der Waals surface area (Å²) in [5, 5.41) is 19.0. The van der Waals surface area contributed by atoms with Crippen LogP contribution >= 0.6 is 11.8 Å². The van der Waals surface area contributed by atoms with Gasteiger partial charge in [-0.3, -0.25) is 9.59 Å². The van der Waals surface area contributed by atoms with Gasteiger partial charge < -0.3 is 16.4 Å². The minimum absolute atomic E-state index is 0.0910. The van der Waals surface area contributed by atoms with Crippen LogP contribution in [0.15, 0.2) is 54.6 Å². The van der Waals surface area contributed by atoms with Gasteiger partial charge in [-0.05, 0) is 56.2 Å². The number of nitrogens with two attached hydrogens (primary N) is 1. The average molecular weight is 481 g/mol. The molecule has 3 aromatic rings. The number of aromatic nitrogens is 2. The number of nitrogen functional groups attached to an aromatic ring is 1. The van der Waals surface area contributed by atoms with Gasteiger partial charge >= 0.3 is 0 Å². The molecule has 0 saturated carbocycles. The summed E-state index contributed by atoms with van der Waals surface area (Å²) in [5.41, 5.74) is 8.29. The van der Waals surface area contributed by atoms with E-state index in [1.54, 1.807) is 11.6 Å². The van der Waals surface area contributed by atoms with Crippen LogP contribution in [-0.4, -0.2) is 39.1 Å². The lowest BCUT2D eigenvalue weighted by Crippen LogP contribution is -2.32. The number of para-hydroxylation sites is 1. The molecule has 1 aromatic heterocycles. The van der Waals surface area contributed by atoms with Crippen LogP contribution in [0.3, 0.4) is 0 Å². The number of aryl methyl sites for hydroxylation is 1. The van der Waals surface area contributed by atoms with Crippen LogP contribution < -0.4 is 16.4 Å². The Morgan fingerprint density at radius 2 is 1.91 bits per heavy atom. The van der Waals surface area contributed by atoms with Gasteiger partial charge in [-0.1, -0.05) is 18.2 Å². The zero-order valence-corrected chi connectivity index (χ0v) is 19.4. The summed E-state index contributed by atoms with van der Waals surface area (Å²) < 4.78 is 14.5. The molecule has 2 amide bonds. The predicted octanol–water partition coefficient (Wildman–Crippen LogP) is 3.27. The van der Waals surface area contributed by atoms with Gasteiger partial charge in [0.05, 0.1) is 22.4 Å². The Morgan fingerprint density at radius 3 is 2.59 bits per heavy atom. The fourth-order valence-electron chi connectivity index (χ4n) is 3.16. The van der Waals surface area contributed by atoms with Crippen molar-refractivity contribution >= 4 is 35.1 Å². The number of anilines is 2. The number of hydrogen-bond acceptors (Lipinski definition) is 6. The van der Waals surface area contributed by atoms with Crippen LogP contribution in [0.2, 0.25) is 0 Å². The molecule has 0 aliphatic heterocycles. The van der Waals surface area contributed by atoms with Gasteiger partial charge in [0.2, 0.25) is 11.8 Å². The zero-order chi connectivity index (χ0) is 24.5. The van der Waals surface area contributed by atoms with Crippen molar-refractivity contribution < 1.29 is 14.0 Å². The summed E-state index contributed by atoms with van der Waals surface area (Å²) in [5.74, 6) is -0.458. The van der Waals surface area contributed by atoms with E-state index in [4.69, 9.17) is 5.73 Å². The molecule has 0 aliphatic rings. The normalized spacial score (nSPS) is 11.4. The molecule has 34 heavy (non-hydrogen) atoms. The smallest absolute Gasteiger partial charge is 0.234 e. The van der Waals surface area contributed by atoms with Crippen LogP contribution in [-0.2, 0) is 16.0 Å². The van der Waals surface area contributed by atoms with Crippen LogP contribution in [0.4, 0.5) is 15.9 Å². The van der Waals surface area contributed by atoms with Gasteiger partial charge in [0.1, 0.15) is 23.3 Å². The minimum Gasteiger partial charge on any atom is -0.382 e. The standard InChI is InChI=1S/C24H25FN6O2S/c1-16(34-15-22(32)29-18-11-9-17(25)10-12-18)24(33)28-13-5-8-21-20(14-26)23(27)31(30-21)19-6-3-2-4-7-19/h2-4,6-7,9-12,16H,5,8,13,15,27H2,1H3,(H,28,33)(H,29,32). The van der Waals surface area contributed by atoms with E-state index in [0.717, 1.165) is 5.69 Å². The average Bonchev–Trinajstić information content (AvgIpc) is 3.17. The Hall–Kier alpha value is -3.84. The van der Waals surface area contributed by atoms with Gasteiger partial charge in [0, 0.05) is 12.2 Å². The van der Waals surface area contributed by atoms with E-state index < -0.39 is 5.25 Å². The molecule has 0 spiro atoms.